The molecule has 96 valence electrons. The molecule has 0 spiro atoms. The number of halogens is 1. The Hall–Kier alpha value is -1.90. The second-order valence-corrected chi connectivity index (χ2v) is 5.51. The third-order valence-electron chi connectivity index (χ3n) is 2.61. The third kappa shape index (κ3) is 2.46. The van der Waals surface area contributed by atoms with E-state index >= 15 is 0 Å². The molecule has 1 atom stereocenters. The molecule has 19 heavy (non-hydrogen) atoms. The van der Waals surface area contributed by atoms with Crippen molar-refractivity contribution < 1.29 is 4.21 Å². The number of H-pyrrole nitrogens is 1. The molecule has 0 aliphatic heterocycles. The number of aromatic amines is 1. The van der Waals surface area contributed by atoms with Crippen LogP contribution in [0.5, 0.6) is 0 Å². The zero-order valence-corrected chi connectivity index (χ0v) is 11.5. The molecule has 1 heterocycles. The van der Waals surface area contributed by atoms with Gasteiger partial charge >= 0.3 is 0 Å². The fraction of sp³-hybridized carbons (Fsp3) is 0.0769. The Bertz CT molecular complexity index is 762. The van der Waals surface area contributed by atoms with Crippen molar-refractivity contribution in [2.24, 2.45) is 0 Å². The quantitative estimate of drug-likeness (QED) is 0.923. The van der Waals surface area contributed by atoms with Crippen LogP contribution in [0.2, 0.25) is 5.02 Å². The van der Waals surface area contributed by atoms with E-state index in [-0.39, 0.29) is 10.5 Å². The lowest BCUT2D eigenvalue weighted by molar-refractivity contribution is 0.686. The number of nitrogens with zero attached hydrogens (tertiary/aromatic N) is 1. The van der Waals surface area contributed by atoms with Gasteiger partial charge in [0.2, 0.25) is 0 Å². The van der Waals surface area contributed by atoms with Gasteiger partial charge in [0.25, 0.3) is 5.56 Å². The average Bonchev–Trinajstić information content (AvgIpc) is 2.39. The van der Waals surface area contributed by atoms with Crippen LogP contribution in [0.15, 0.2) is 40.2 Å². The summed E-state index contributed by atoms with van der Waals surface area (Å²) >= 11 is 6.10. The van der Waals surface area contributed by atoms with Crippen molar-refractivity contribution in [2.75, 3.05) is 6.26 Å². The van der Waals surface area contributed by atoms with Crippen molar-refractivity contribution in [3.63, 3.8) is 0 Å². The maximum atomic E-state index is 11.8. The summed E-state index contributed by atoms with van der Waals surface area (Å²) in [5.74, 6) is 0. The normalized spacial score (nSPS) is 11.8. The van der Waals surface area contributed by atoms with Gasteiger partial charge in [-0.3, -0.25) is 9.00 Å². The summed E-state index contributed by atoms with van der Waals surface area (Å²) in [5.41, 5.74) is 0.437. The lowest BCUT2D eigenvalue weighted by Gasteiger charge is -2.09. The number of pyridine rings is 1. The van der Waals surface area contributed by atoms with Crippen molar-refractivity contribution in [3.05, 3.63) is 51.4 Å². The number of aromatic nitrogens is 1. The molecule has 0 aliphatic rings. The first-order valence-electron chi connectivity index (χ1n) is 5.30. The van der Waals surface area contributed by atoms with Gasteiger partial charge < -0.3 is 4.98 Å². The van der Waals surface area contributed by atoms with E-state index in [2.05, 4.69) is 4.98 Å². The largest absolute Gasteiger partial charge is 0.327 e. The van der Waals surface area contributed by atoms with Gasteiger partial charge in [-0.1, -0.05) is 29.8 Å². The summed E-state index contributed by atoms with van der Waals surface area (Å²) in [6.45, 7) is 0. The fourth-order valence-electron chi connectivity index (χ4n) is 1.79. The van der Waals surface area contributed by atoms with Crippen LogP contribution in [-0.4, -0.2) is 15.4 Å². The SMILES string of the molecule is CS(=O)c1c(-c2ccccc2Cl)c[nH]c(=O)c1C#N. The van der Waals surface area contributed by atoms with Crippen molar-refractivity contribution in [3.8, 4) is 17.2 Å². The molecule has 2 aromatic rings. The van der Waals surface area contributed by atoms with Crippen LogP contribution in [0.3, 0.4) is 0 Å². The summed E-state index contributed by atoms with van der Waals surface area (Å²) in [5, 5.41) is 9.51. The Morgan fingerprint density at radius 3 is 2.58 bits per heavy atom. The second-order valence-electron chi connectivity index (χ2n) is 3.78. The van der Waals surface area contributed by atoms with E-state index < -0.39 is 16.4 Å². The van der Waals surface area contributed by atoms with Crippen molar-refractivity contribution in [2.45, 2.75) is 4.90 Å². The second kappa shape index (κ2) is 5.39. The van der Waals surface area contributed by atoms with Gasteiger partial charge in [0.1, 0.15) is 11.6 Å². The van der Waals surface area contributed by atoms with Crippen LogP contribution in [0.4, 0.5) is 0 Å². The van der Waals surface area contributed by atoms with E-state index in [0.717, 1.165) is 0 Å². The molecular weight excluding hydrogens is 284 g/mol. The van der Waals surface area contributed by atoms with Crippen molar-refractivity contribution in [1.82, 2.24) is 4.98 Å². The lowest BCUT2D eigenvalue weighted by Crippen LogP contribution is -2.14. The van der Waals surface area contributed by atoms with Gasteiger partial charge in [0.15, 0.2) is 0 Å². The molecule has 1 aromatic heterocycles. The summed E-state index contributed by atoms with van der Waals surface area (Å²) in [7, 11) is -1.47. The zero-order valence-electron chi connectivity index (χ0n) is 9.94. The Labute approximate surface area is 117 Å². The van der Waals surface area contributed by atoms with Gasteiger partial charge in [0, 0.05) is 28.6 Å². The van der Waals surface area contributed by atoms with Gasteiger partial charge in [-0.15, -0.1) is 0 Å². The smallest absolute Gasteiger partial charge is 0.267 e. The van der Waals surface area contributed by atoms with E-state index in [1.54, 1.807) is 30.3 Å². The van der Waals surface area contributed by atoms with Crippen LogP contribution in [0.25, 0.3) is 11.1 Å². The summed E-state index contributed by atoms with van der Waals surface area (Å²) in [6, 6.07) is 8.78. The minimum Gasteiger partial charge on any atom is -0.327 e. The molecule has 0 saturated carbocycles. The molecule has 1 aromatic carbocycles. The first-order chi connectivity index (χ1) is 9.06. The average molecular weight is 293 g/mol. The monoisotopic (exact) mass is 292 g/mol. The fourth-order valence-corrected chi connectivity index (χ4v) is 2.93. The van der Waals surface area contributed by atoms with Crippen molar-refractivity contribution in [1.29, 1.82) is 5.26 Å². The minimum atomic E-state index is -1.47. The highest BCUT2D eigenvalue weighted by Crippen LogP contribution is 2.31. The molecule has 1 N–H and O–H groups in total. The molecule has 4 nitrogen and oxygen atoms in total. The molecule has 0 fully saturated rings. The first kappa shape index (κ1) is 13.5. The molecule has 1 unspecified atom stereocenters. The van der Waals surface area contributed by atoms with E-state index in [9.17, 15) is 9.00 Å². The Balaban J connectivity index is 2.87. The van der Waals surface area contributed by atoms with Crippen molar-refractivity contribution >= 4 is 22.4 Å². The highest BCUT2D eigenvalue weighted by atomic mass is 35.5. The van der Waals surface area contributed by atoms with E-state index in [4.69, 9.17) is 16.9 Å². The molecule has 0 bridgehead atoms. The van der Waals surface area contributed by atoms with Gasteiger partial charge in [-0.25, -0.2) is 0 Å². The van der Waals surface area contributed by atoms with Gasteiger partial charge in [0.05, 0.1) is 15.7 Å². The number of benzene rings is 1. The van der Waals surface area contributed by atoms with Crippen LogP contribution in [0.1, 0.15) is 5.56 Å². The standard InChI is InChI=1S/C13H9ClN2O2S/c1-19(18)12-9(6-15)13(17)16-7-10(12)8-4-2-3-5-11(8)14/h2-5,7H,1H3,(H,16,17). The summed E-state index contributed by atoms with van der Waals surface area (Å²) < 4.78 is 11.8. The van der Waals surface area contributed by atoms with E-state index in [1.165, 1.54) is 12.5 Å². The van der Waals surface area contributed by atoms with E-state index in [1.807, 2.05) is 0 Å². The number of nitrogens with one attached hydrogen (secondary N) is 1. The number of nitriles is 1. The third-order valence-corrected chi connectivity index (χ3v) is 3.94. The molecule has 0 amide bonds. The topological polar surface area (TPSA) is 73.7 Å². The Morgan fingerprint density at radius 2 is 2.00 bits per heavy atom. The Morgan fingerprint density at radius 1 is 1.32 bits per heavy atom. The maximum absolute atomic E-state index is 11.8. The molecule has 6 heteroatoms. The molecule has 2 rings (SSSR count). The number of rotatable bonds is 2. The van der Waals surface area contributed by atoms with E-state index in [0.29, 0.717) is 16.1 Å². The van der Waals surface area contributed by atoms with Gasteiger partial charge in [-0.05, 0) is 6.07 Å². The number of hydrogen-bond acceptors (Lipinski definition) is 3. The predicted molar refractivity (Wildman–Crippen MR) is 74.6 cm³/mol. The summed E-state index contributed by atoms with van der Waals surface area (Å²) in [4.78, 5) is 14.3. The van der Waals surface area contributed by atoms with Crippen LogP contribution < -0.4 is 5.56 Å². The molecule has 0 radical (unpaired) electrons. The first-order valence-corrected chi connectivity index (χ1v) is 7.24. The van der Waals surface area contributed by atoms with Gasteiger partial charge in [-0.2, -0.15) is 5.26 Å². The van der Waals surface area contributed by atoms with Crippen LogP contribution in [-0.2, 0) is 10.8 Å². The predicted octanol–water partition coefficient (Wildman–Crippen LogP) is 2.30. The maximum Gasteiger partial charge on any atom is 0.267 e. The van der Waals surface area contributed by atoms with Crippen LogP contribution >= 0.6 is 11.6 Å². The lowest BCUT2D eigenvalue weighted by atomic mass is 10.1. The summed E-state index contributed by atoms with van der Waals surface area (Å²) in [6.07, 6.45) is 2.86. The molecule has 0 saturated heterocycles. The van der Waals surface area contributed by atoms with Crippen LogP contribution in [0, 0.1) is 11.3 Å². The number of hydrogen-bond donors (Lipinski definition) is 1. The highest BCUT2D eigenvalue weighted by molar-refractivity contribution is 7.84. The zero-order chi connectivity index (χ0) is 14.0. The molecule has 0 aliphatic carbocycles. The Kier molecular flexibility index (Phi) is 3.84. The minimum absolute atomic E-state index is 0.141. The molecular formula is C13H9ClN2O2S. The highest BCUT2D eigenvalue weighted by Gasteiger charge is 2.18.